The third-order valence-corrected chi connectivity index (χ3v) is 31.9. The van der Waals surface area contributed by atoms with Crippen molar-refractivity contribution in [1.82, 2.24) is 19.2 Å². The van der Waals surface area contributed by atoms with Crippen molar-refractivity contribution >= 4 is 86.1 Å². The minimum atomic E-state index is -4.04. The van der Waals surface area contributed by atoms with Gasteiger partial charge >= 0.3 is 0 Å². The second-order valence-electron chi connectivity index (χ2n) is 31.2. The normalized spacial score (nSPS) is 33.5. The van der Waals surface area contributed by atoms with Crippen LogP contribution in [0.3, 0.4) is 0 Å². The summed E-state index contributed by atoms with van der Waals surface area (Å²) in [6, 6.07) is 22.4. The van der Waals surface area contributed by atoms with Gasteiger partial charge in [-0.2, -0.15) is 0 Å². The number of sulfone groups is 2. The molecule has 4 N–H and O–H groups in total. The number of nitrogens with zero attached hydrogens (tertiary/aromatic N) is 4. The molecule has 12 atom stereocenters. The van der Waals surface area contributed by atoms with Gasteiger partial charge in [-0.25, -0.2) is 43.1 Å². The molecule has 4 aromatic carbocycles. The minimum absolute atomic E-state index is 0.0578. The Morgan fingerprint density at radius 1 is 0.538 bits per heavy atom. The molecule has 4 aliphatic carbocycles. The van der Waals surface area contributed by atoms with Gasteiger partial charge in [0.1, 0.15) is 22.7 Å². The molecule has 26 heteroatoms. The van der Waals surface area contributed by atoms with E-state index < -0.39 is 73.2 Å². The topological polar surface area (TPSA) is 267 Å². The Kier molecular flexibility index (Phi) is 22.0. The Hall–Kier alpha value is -6.16. The minimum Gasteiger partial charge on any atom is -0.490 e. The van der Waals surface area contributed by atoms with E-state index >= 15 is 0 Å². The van der Waals surface area contributed by atoms with Gasteiger partial charge in [0, 0.05) is 96.2 Å². The van der Waals surface area contributed by atoms with E-state index in [-0.39, 0.29) is 80.5 Å². The molecule has 6 heterocycles. The number of benzene rings is 4. The average Bonchev–Trinajstić information content (AvgIpc) is 1.44. The lowest BCUT2D eigenvalue weighted by Crippen LogP contribution is -2.52. The zero-order chi connectivity index (χ0) is 73.8. The van der Waals surface area contributed by atoms with Gasteiger partial charge in [0.05, 0.1) is 71.2 Å². The van der Waals surface area contributed by atoms with Crippen LogP contribution in [0.1, 0.15) is 135 Å². The van der Waals surface area contributed by atoms with Crippen LogP contribution in [0.4, 0.5) is 11.4 Å². The summed E-state index contributed by atoms with van der Waals surface area (Å²) in [5, 5.41) is 24.4. The van der Waals surface area contributed by atoms with Crippen LogP contribution >= 0.6 is 23.2 Å². The molecule has 14 rings (SSSR count). The smallest absolute Gasteiger partial charge is 0.264 e. The number of carbonyl (C=O) groups is 2. The molecule has 4 fully saturated rings. The number of ether oxygens (including phenoxy) is 2. The molecule has 2 saturated heterocycles. The number of sulfonamides is 2. The lowest BCUT2D eigenvalue weighted by molar-refractivity contribution is -0.00353. The maximum atomic E-state index is 13.5. The van der Waals surface area contributed by atoms with Crippen LogP contribution in [0.5, 0.6) is 11.5 Å². The molecule has 0 unspecified atom stereocenters. The first-order valence-corrected chi connectivity index (χ1v) is 44.2. The predicted octanol–water partition coefficient (Wildman–Crippen LogP) is 8.70. The van der Waals surface area contributed by atoms with E-state index in [0.717, 1.165) is 64.2 Å². The molecule has 0 aromatic heterocycles. The number of aliphatic hydroxyl groups is 2. The predicted molar refractivity (Wildman–Crippen MR) is 406 cm³/mol. The van der Waals surface area contributed by atoms with Crippen LogP contribution in [0.15, 0.2) is 97.1 Å². The quantitative estimate of drug-likeness (QED) is 0.108. The molecule has 4 aromatic rings. The highest BCUT2D eigenvalue weighted by Crippen LogP contribution is 2.51. The summed E-state index contributed by atoms with van der Waals surface area (Å²) < 4.78 is 120. The second kappa shape index (κ2) is 30.1. The van der Waals surface area contributed by atoms with E-state index in [1.54, 1.807) is 62.4 Å². The summed E-state index contributed by atoms with van der Waals surface area (Å²) in [7, 11) is -14.1. The Balaban J connectivity index is 0.000000185. The number of amides is 2. The zero-order valence-corrected chi connectivity index (χ0v) is 64.4. The maximum Gasteiger partial charge on any atom is 0.264 e. The fourth-order valence-corrected chi connectivity index (χ4v) is 22.7. The molecule has 20 nitrogen and oxygen atoms in total. The Morgan fingerprint density at radius 3 is 1.31 bits per heavy atom. The summed E-state index contributed by atoms with van der Waals surface area (Å²) in [5.41, 5.74) is 3.05. The third kappa shape index (κ3) is 16.3. The fraction of sp³-hybridized carbons (Fsp3) is 0.564. The van der Waals surface area contributed by atoms with Gasteiger partial charge < -0.3 is 29.5 Å². The fourth-order valence-electron chi connectivity index (χ4n) is 17.2. The van der Waals surface area contributed by atoms with Crippen LogP contribution in [0.2, 0.25) is 10.0 Å². The van der Waals surface area contributed by atoms with Crippen molar-refractivity contribution in [1.29, 1.82) is 0 Å². The molecule has 10 aliphatic rings. The number of nitrogens with one attached hydrogen (secondary N) is 2. The summed E-state index contributed by atoms with van der Waals surface area (Å²) >= 11 is 12.9. The van der Waals surface area contributed by atoms with Crippen LogP contribution < -0.4 is 28.7 Å². The molecule has 2 saturated carbocycles. The van der Waals surface area contributed by atoms with Crippen molar-refractivity contribution in [2.45, 2.75) is 137 Å². The SMILES string of the molecule is C[C@@H]1[C@@H](C)C/C=C/[C@@](O)(C#CCN2CCS(=O)(=O)CC2)[C@@H]2CC[C@H]2CN2C[C@@]3(CCCc4cc(Cl)ccc43)COc3ccc(cc32)C(=O)NS1(=O)=O.C[C@@H]1[C@@H](C)C/C=C/[C@](O)(C#CCN2CCS(=O)(=O)CC2)[C@@H]2CC[C@H]2CN2C[C@@]3(CCCc4cc(Cl)ccc43)COc3ccc(cc32)C(=O)NS1(=O)=O. The number of aryl methyl sites for hydroxylation is 2. The molecule has 2 amide bonds. The van der Waals surface area contributed by atoms with Gasteiger partial charge in [-0.3, -0.25) is 19.4 Å². The van der Waals surface area contributed by atoms with Crippen LogP contribution in [0, 0.1) is 59.2 Å². The monoisotopic (exact) mass is 1540 g/mol. The van der Waals surface area contributed by atoms with Gasteiger partial charge in [-0.15, -0.1) is 0 Å². The molecule has 4 bridgehead atoms. The van der Waals surface area contributed by atoms with Crippen molar-refractivity contribution in [3.8, 4) is 35.2 Å². The van der Waals surface area contributed by atoms with Crippen molar-refractivity contribution in [2.75, 3.05) is 111 Å². The van der Waals surface area contributed by atoms with Gasteiger partial charge in [0.2, 0.25) is 20.0 Å². The van der Waals surface area contributed by atoms with E-state index in [1.807, 2.05) is 60.1 Å². The van der Waals surface area contributed by atoms with E-state index in [4.69, 9.17) is 32.7 Å². The van der Waals surface area contributed by atoms with Gasteiger partial charge in [0.25, 0.3) is 11.8 Å². The highest BCUT2D eigenvalue weighted by molar-refractivity contribution is 7.92. The highest BCUT2D eigenvalue weighted by Gasteiger charge is 2.51. The molecule has 6 aliphatic heterocycles. The largest absolute Gasteiger partial charge is 0.490 e. The van der Waals surface area contributed by atoms with Crippen molar-refractivity contribution in [2.24, 2.45) is 35.5 Å². The van der Waals surface area contributed by atoms with E-state index in [2.05, 4.69) is 55.1 Å². The number of hydrogen-bond donors (Lipinski definition) is 4. The van der Waals surface area contributed by atoms with E-state index in [1.165, 1.54) is 22.3 Å². The molecular formula is C78H96Cl2N6O14S4. The summed E-state index contributed by atoms with van der Waals surface area (Å²) in [4.78, 5) is 35.6. The first-order chi connectivity index (χ1) is 49.3. The van der Waals surface area contributed by atoms with Crippen LogP contribution in [0.25, 0.3) is 0 Å². The second-order valence-corrected chi connectivity index (χ2v) is 40.7. The average molecular weight is 1540 g/mol. The lowest BCUT2D eigenvalue weighted by Gasteiger charge is -2.47. The zero-order valence-electron chi connectivity index (χ0n) is 59.6. The Labute approximate surface area is 624 Å². The number of hydrogen-bond acceptors (Lipinski definition) is 18. The van der Waals surface area contributed by atoms with Crippen molar-refractivity contribution < 1.29 is 62.9 Å². The Morgan fingerprint density at radius 2 is 0.933 bits per heavy atom. The highest BCUT2D eigenvalue weighted by atomic mass is 35.5. The lowest BCUT2D eigenvalue weighted by atomic mass is 9.64. The number of halogens is 2. The Bertz CT molecular complexity index is 4350. The van der Waals surface area contributed by atoms with Gasteiger partial charge in [-0.05, 0) is 210 Å². The molecule has 2 spiro atoms. The first kappa shape index (κ1) is 76.1. The van der Waals surface area contributed by atoms with Crippen LogP contribution in [-0.2, 0) is 63.4 Å². The number of allylic oxidation sites excluding steroid dienone is 2. The standard InChI is InChI=1S/2C39H48ClN3O7S2/c2*1-27-6-3-15-39(45,16-5-17-42-18-20-51(46,47)21-19-42)34-11-8-31(34)24-43-25-38(14-4-7-29-22-32(40)10-12-33(29)38)26-50-36-13-9-30(23-35(36)43)37(44)41-52(48,49)28(27)2/h2*3,9-10,12-13,15,22-23,27-28,31,34,45H,4,6-8,11,14,17-21,24-26H2,1-2H3,(H,41,44)/b2*15-3+/t27-,28+,31-,34+,38-,39+;27-,28+,31-,34+,38-,39-/m00/s1. The summed E-state index contributed by atoms with van der Waals surface area (Å²) in [6.07, 6.45) is 16.7. The third-order valence-electron chi connectivity index (χ3n) is 24.3. The van der Waals surface area contributed by atoms with E-state index in [0.29, 0.717) is 124 Å². The number of anilines is 2. The first-order valence-electron chi connectivity index (χ1n) is 36.7. The number of fused-ring (bicyclic) bond motifs is 8. The molecular weight excluding hydrogens is 1440 g/mol. The van der Waals surface area contributed by atoms with Gasteiger partial charge in [-0.1, -0.05) is 85.0 Å². The van der Waals surface area contributed by atoms with Gasteiger partial charge in [0.15, 0.2) is 19.7 Å². The molecule has 104 heavy (non-hydrogen) atoms. The molecule has 0 radical (unpaired) electrons. The van der Waals surface area contributed by atoms with Crippen molar-refractivity contribution in [3.63, 3.8) is 0 Å². The maximum absolute atomic E-state index is 13.5. The number of rotatable bonds is 2. The van der Waals surface area contributed by atoms with Crippen LogP contribution in [-0.4, -0.2) is 189 Å². The molecule has 560 valence electrons. The van der Waals surface area contributed by atoms with E-state index in [9.17, 15) is 53.5 Å². The summed E-state index contributed by atoms with van der Waals surface area (Å²) in [6.45, 7) is 12.4. The number of carbonyl (C=O) groups excluding carboxylic acids is 2. The summed E-state index contributed by atoms with van der Waals surface area (Å²) in [5.74, 6) is 12.0. The van der Waals surface area contributed by atoms with Crippen molar-refractivity contribution in [3.05, 3.63) is 141 Å².